The molecule has 140 valence electrons. The van der Waals surface area contributed by atoms with Crippen LogP contribution < -0.4 is 5.32 Å². The van der Waals surface area contributed by atoms with Crippen molar-refractivity contribution in [2.45, 2.75) is 38.5 Å². The number of hydrogen-bond acceptors (Lipinski definition) is 3. The highest BCUT2D eigenvalue weighted by molar-refractivity contribution is 5.92. The van der Waals surface area contributed by atoms with Crippen molar-refractivity contribution in [3.8, 4) is 0 Å². The summed E-state index contributed by atoms with van der Waals surface area (Å²) in [4.78, 5) is 14.9. The molecule has 1 N–H and O–H groups in total. The van der Waals surface area contributed by atoms with Crippen LogP contribution in [-0.4, -0.2) is 46.8 Å². The maximum atomic E-state index is 12.4. The third-order valence-electron chi connectivity index (χ3n) is 5.21. The van der Waals surface area contributed by atoms with E-state index in [0.29, 0.717) is 24.1 Å². The second-order valence-corrected chi connectivity index (χ2v) is 7.54. The van der Waals surface area contributed by atoms with E-state index in [0.717, 1.165) is 25.3 Å². The fourth-order valence-corrected chi connectivity index (χ4v) is 3.66. The molecule has 0 saturated carbocycles. The molecule has 2 heterocycles. The van der Waals surface area contributed by atoms with Crippen LogP contribution in [0.1, 0.15) is 60.3 Å². The molecule has 1 fully saturated rings. The van der Waals surface area contributed by atoms with Crippen molar-refractivity contribution in [2.75, 3.05) is 26.2 Å². The van der Waals surface area contributed by atoms with E-state index in [1.165, 1.54) is 18.4 Å². The lowest BCUT2D eigenvalue weighted by atomic mass is 9.91. The molecule has 1 atom stereocenters. The molecule has 1 aromatic heterocycles. The number of nitrogens with one attached hydrogen (secondary N) is 1. The van der Waals surface area contributed by atoms with Gasteiger partial charge in [0.2, 0.25) is 0 Å². The Hall–Kier alpha value is -2.14. The van der Waals surface area contributed by atoms with Gasteiger partial charge in [-0.2, -0.15) is 5.10 Å². The van der Waals surface area contributed by atoms with Crippen LogP contribution in [-0.2, 0) is 7.05 Å². The van der Waals surface area contributed by atoms with E-state index < -0.39 is 0 Å². The lowest BCUT2D eigenvalue weighted by Gasteiger charge is -2.33. The van der Waals surface area contributed by atoms with Gasteiger partial charge in [0.05, 0.1) is 5.69 Å². The Kier molecular flexibility index (Phi) is 6.09. The Bertz CT molecular complexity index is 723. The largest absolute Gasteiger partial charge is 0.349 e. The summed E-state index contributed by atoms with van der Waals surface area (Å²) in [6, 6.07) is 12.7. The SMILES string of the molecule is CC(C)c1cc(C(=O)NCCN2CCCC(c3ccccc3)C2)n(C)n1. The summed E-state index contributed by atoms with van der Waals surface area (Å²) in [5.74, 6) is 0.890. The van der Waals surface area contributed by atoms with Gasteiger partial charge in [0.25, 0.3) is 5.91 Å². The van der Waals surface area contributed by atoms with Gasteiger partial charge in [-0.1, -0.05) is 44.2 Å². The van der Waals surface area contributed by atoms with Gasteiger partial charge in [-0.25, -0.2) is 0 Å². The Balaban J connectivity index is 1.49. The number of carbonyl (C=O) groups is 1. The highest BCUT2D eigenvalue weighted by atomic mass is 16.2. The lowest BCUT2D eigenvalue weighted by molar-refractivity contribution is 0.0936. The van der Waals surface area contributed by atoms with Crippen molar-refractivity contribution in [1.82, 2.24) is 20.0 Å². The van der Waals surface area contributed by atoms with Crippen LogP contribution >= 0.6 is 0 Å². The zero-order valence-electron chi connectivity index (χ0n) is 16.1. The van der Waals surface area contributed by atoms with Crippen LogP contribution in [0.4, 0.5) is 0 Å². The van der Waals surface area contributed by atoms with Crippen LogP contribution in [0.15, 0.2) is 36.4 Å². The van der Waals surface area contributed by atoms with Gasteiger partial charge in [0, 0.05) is 26.7 Å². The second kappa shape index (κ2) is 8.49. The Labute approximate surface area is 156 Å². The number of carbonyl (C=O) groups excluding carboxylic acids is 1. The highest BCUT2D eigenvalue weighted by Crippen LogP contribution is 2.26. The van der Waals surface area contributed by atoms with E-state index in [2.05, 4.69) is 59.5 Å². The number of aromatic nitrogens is 2. The van der Waals surface area contributed by atoms with E-state index in [1.807, 2.05) is 13.1 Å². The van der Waals surface area contributed by atoms with E-state index in [1.54, 1.807) is 4.68 Å². The molecule has 26 heavy (non-hydrogen) atoms. The van der Waals surface area contributed by atoms with Gasteiger partial charge in [-0.3, -0.25) is 9.48 Å². The molecule has 0 aliphatic carbocycles. The first-order chi connectivity index (χ1) is 12.5. The molecule has 3 rings (SSSR count). The molecule has 1 aliphatic heterocycles. The van der Waals surface area contributed by atoms with E-state index in [9.17, 15) is 4.79 Å². The summed E-state index contributed by atoms with van der Waals surface area (Å²) in [7, 11) is 1.83. The third kappa shape index (κ3) is 4.52. The minimum absolute atomic E-state index is 0.0384. The predicted octanol–water partition coefficient (Wildman–Crippen LogP) is 3.15. The number of hydrogen-bond donors (Lipinski definition) is 1. The molecule has 1 unspecified atom stereocenters. The maximum Gasteiger partial charge on any atom is 0.269 e. The average Bonchev–Trinajstić information content (AvgIpc) is 3.05. The number of benzene rings is 1. The number of aryl methyl sites for hydroxylation is 1. The molecule has 5 nitrogen and oxygen atoms in total. The highest BCUT2D eigenvalue weighted by Gasteiger charge is 2.21. The first-order valence-corrected chi connectivity index (χ1v) is 9.64. The van der Waals surface area contributed by atoms with Gasteiger partial charge in [0.1, 0.15) is 5.69 Å². The van der Waals surface area contributed by atoms with Crippen molar-refractivity contribution < 1.29 is 4.79 Å². The smallest absolute Gasteiger partial charge is 0.269 e. The summed E-state index contributed by atoms with van der Waals surface area (Å²) in [6.45, 7) is 7.92. The summed E-state index contributed by atoms with van der Waals surface area (Å²) in [5, 5.41) is 7.47. The van der Waals surface area contributed by atoms with E-state index in [4.69, 9.17) is 0 Å². The summed E-state index contributed by atoms with van der Waals surface area (Å²) in [5.41, 5.74) is 3.02. The molecule has 1 amide bonds. The monoisotopic (exact) mass is 354 g/mol. The van der Waals surface area contributed by atoms with Gasteiger partial charge >= 0.3 is 0 Å². The predicted molar refractivity (Wildman–Crippen MR) is 104 cm³/mol. The molecule has 1 aromatic carbocycles. The number of rotatable bonds is 6. The fourth-order valence-electron chi connectivity index (χ4n) is 3.66. The number of likely N-dealkylation sites (tertiary alicyclic amines) is 1. The van der Waals surface area contributed by atoms with Crippen LogP contribution in [0.25, 0.3) is 0 Å². The van der Waals surface area contributed by atoms with E-state index >= 15 is 0 Å². The molecule has 5 heteroatoms. The van der Waals surface area contributed by atoms with Gasteiger partial charge < -0.3 is 10.2 Å². The summed E-state index contributed by atoms with van der Waals surface area (Å²) < 4.78 is 1.68. The fraction of sp³-hybridized carbons (Fsp3) is 0.524. The van der Waals surface area contributed by atoms with Crippen molar-refractivity contribution in [3.63, 3.8) is 0 Å². The average molecular weight is 354 g/mol. The summed E-state index contributed by atoms with van der Waals surface area (Å²) in [6.07, 6.45) is 2.47. The zero-order chi connectivity index (χ0) is 18.5. The molecular weight excluding hydrogens is 324 g/mol. The van der Waals surface area contributed by atoms with Crippen molar-refractivity contribution >= 4 is 5.91 Å². The Morgan fingerprint density at radius 2 is 2.08 bits per heavy atom. The first kappa shape index (κ1) is 18.6. The zero-order valence-corrected chi connectivity index (χ0v) is 16.1. The number of piperidine rings is 1. The van der Waals surface area contributed by atoms with Crippen LogP contribution in [0, 0.1) is 0 Å². The summed E-state index contributed by atoms with van der Waals surface area (Å²) >= 11 is 0. The third-order valence-corrected chi connectivity index (χ3v) is 5.21. The quantitative estimate of drug-likeness (QED) is 0.867. The van der Waals surface area contributed by atoms with Crippen LogP contribution in [0.2, 0.25) is 0 Å². The number of nitrogens with zero attached hydrogens (tertiary/aromatic N) is 3. The lowest BCUT2D eigenvalue weighted by Crippen LogP contribution is -2.40. The maximum absolute atomic E-state index is 12.4. The standard InChI is InChI=1S/C21H30N4O/c1-16(2)19-14-20(24(3)23-19)21(26)22-11-13-25-12-7-10-18(15-25)17-8-5-4-6-9-17/h4-6,8-9,14,16,18H,7,10-13,15H2,1-3H3,(H,22,26). The van der Waals surface area contributed by atoms with Crippen molar-refractivity contribution in [1.29, 1.82) is 0 Å². The van der Waals surface area contributed by atoms with Crippen LogP contribution in [0.3, 0.4) is 0 Å². The molecule has 1 saturated heterocycles. The number of amides is 1. The molecule has 0 radical (unpaired) electrons. The molecule has 2 aromatic rings. The topological polar surface area (TPSA) is 50.2 Å². The van der Waals surface area contributed by atoms with Crippen LogP contribution in [0.5, 0.6) is 0 Å². The molecular formula is C21H30N4O. The molecule has 0 spiro atoms. The molecule has 0 bridgehead atoms. The Morgan fingerprint density at radius 3 is 2.77 bits per heavy atom. The minimum Gasteiger partial charge on any atom is -0.349 e. The van der Waals surface area contributed by atoms with Gasteiger partial charge in [-0.15, -0.1) is 0 Å². The normalized spacial score (nSPS) is 18.2. The van der Waals surface area contributed by atoms with E-state index in [-0.39, 0.29) is 5.91 Å². The minimum atomic E-state index is -0.0384. The Morgan fingerprint density at radius 1 is 1.31 bits per heavy atom. The second-order valence-electron chi connectivity index (χ2n) is 7.54. The first-order valence-electron chi connectivity index (χ1n) is 9.64. The molecule has 1 aliphatic rings. The van der Waals surface area contributed by atoms with Gasteiger partial charge in [0.15, 0.2) is 0 Å². The van der Waals surface area contributed by atoms with Crippen molar-refractivity contribution in [2.24, 2.45) is 7.05 Å². The van der Waals surface area contributed by atoms with Gasteiger partial charge in [-0.05, 0) is 42.9 Å². The van der Waals surface area contributed by atoms with Crippen molar-refractivity contribution in [3.05, 3.63) is 53.3 Å².